The van der Waals surface area contributed by atoms with E-state index in [0.717, 1.165) is 11.6 Å². The Hall–Kier alpha value is -3.10. The molecule has 1 aliphatic rings. The molecule has 1 aromatic carbocycles. The third-order valence-corrected chi connectivity index (χ3v) is 4.38. The first-order valence-corrected chi connectivity index (χ1v) is 8.23. The molecule has 2 heterocycles. The number of ether oxygens (including phenoxy) is 2. The minimum atomic E-state index is -0.391. The first-order valence-electron chi connectivity index (χ1n) is 8.23. The van der Waals surface area contributed by atoms with Gasteiger partial charge >= 0.3 is 0 Å². The number of piperazine rings is 1. The van der Waals surface area contributed by atoms with Crippen LogP contribution in [0.3, 0.4) is 0 Å². The van der Waals surface area contributed by atoms with Gasteiger partial charge in [-0.05, 0) is 13.0 Å². The Kier molecular flexibility index (Phi) is 5.06. The molecule has 1 saturated heterocycles. The Morgan fingerprint density at radius 3 is 2.27 bits per heavy atom. The molecule has 26 heavy (non-hydrogen) atoms. The topological polar surface area (TPSA) is 93.9 Å². The SMILES string of the molecule is COc1cc(N2CCN(c3ccnc(C)n3)CC2)c([N+](=O)[O-])cc1OC. The third-order valence-electron chi connectivity index (χ3n) is 4.38. The summed E-state index contributed by atoms with van der Waals surface area (Å²) in [6.07, 6.45) is 1.74. The fourth-order valence-electron chi connectivity index (χ4n) is 3.05. The summed E-state index contributed by atoms with van der Waals surface area (Å²) in [5, 5.41) is 11.5. The first-order chi connectivity index (χ1) is 12.5. The summed E-state index contributed by atoms with van der Waals surface area (Å²) < 4.78 is 10.5. The largest absolute Gasteiger partial charge is 0.493 e. The van der Waals surface area contributed by atoms with Crippen LogP contribution in [0.15, 0.2) is 24.4 Å². The minimum Gasteiger partial charge on any atom is -0.493 e. The molecular weight excluding hydrogens is 338 g/mol. The van der Waals surface area contributed by atoms with Crippen molar-refractivity contribution < 1.29 is 14.4 Å². The molecule has 2 aromatic rings. The molecule has 1 aromatic heterocycles. The number of benzene rings is 1. The average Bonchev–Trinajstić information content (AvgIpc) is 2.67. The van der Waals surface area contributed by atoms with E-state index in [2.05, 4.69) is 14.9 Å². The fraction of sp³-hybridized carbons (Fsp3) is 0.412. The molecule has 0 amide bonds. The van der Waals surface area contributed by atoms with Crippen LogP contribution < -0.4 is 19.3 Å². The number of rotatable bonds is 5. The summed E-state index contributed by atoms with van der Waals surface area (Å²) in [5.74, 6) is 2.42. The minimum absolute atomic E-state index is 0.00832. The fourth-order valence-corrected chi connectivity index (χ4v) is 3.05. The number of nitrogens with zero attached hydrogens (tertiary/aromatic N) is 5. The zero-order valence-corrected chi connectivity index (χ0v) is 15.0. The predicted octanol–water partition coefficient (Wildman–Crippen LogP) is 2.04. The molecule has 1 fully saturated rings. The lowest BCUT2D eigenvalue weighted by Gasteiger charge is -2.36. The molecule has 0 spiro atoms. The molecule has 1 aliphatic heterocycles. The smallest absolute Gasteiger partial charge is 0.296 e. The van der Waals surface area contributed by atoms with Crippen LogP contribution in [0.4, 0.5) is 17.2 Å². The summed E-state index contributed by atoms with van der Waals surface area (Å²) in [4.78, 5) is 23.8. The van der Waals surface area contributed by atoms with Crippen molar-refractivity contribution in [2.45, 2.75) is 6.92 Å². The van der Waals surface area contributed by atoms with Gasteiger partial charge in [0.15, 0.2) is 11.5 Å². The number of nitro benzene ring substituents is 1. The molecule has 0 N–H and O–H groups in total. The van der Waals surface area contributed by atoms with Gasteiger partial charge in [-0.2, -0.15) is 0 Å². The van der Waals surface area contributed by atoms with E-state index in [1.54, 1.807) is 12.3 Å². The Morgan fingerprint density at radius 2 is 1.69 bits per heavy atom. The Bertz CT molecular complexity index is 806. The number of anilines is 2. The van der Waals surface area contributed by atoms with Crippen molar-refractivity contribution in [1.29, 1.82) is 0 Å². The maximum atomic E-state index is 11.5. The van der Waals surface area contributed by atoms with E-state index < -0.39 is 4.92 Å². The summed E-state index contributed by atoms with van der Waals surface area (Å²) in [6.45, 7) is 4.55. The second kappa shape index (κ2) is 7.42. The van der Waals surface area contributed by atoms with Crippen LogP contribution in [0.1, 0.15) is 5.82 Å². The zero-order valence-electron chi connectivity index (χ0n) is 15.0. The van der Waals surface area contributed by atoms with Gasteiger partial charge in [-0.1, -0.05) is 0 Å². The van der Waals surface area contributed by atoms with Gasteiger partial charge in [0.05, 0.1) is 25.2 Å². The van der Waals surface area contributed by atoms with E-state index in [4.69, 9.17) is 9.47 Å². The molecule has 0 aliphatic carbocycles. The molecule has 0 saturated carbocycles. The lowest BCUT2D eigenvalue weighted by Crippen LogP contribution is -2.47. The molecule has 0 atom stereocenters. The van der Waals surface area contributed by atoms with E-state index in [-0.39, 0.29) is 5.69 Å². The predicted molar refractivity (Wildman–Crippen MR) is 97.4 cm³/mol. The van der Waals surface area contributed by atoms with Crippen LogP contribution in [0, 0.1) is 17.0 Å². The van der Waals surface area contributed by atoms with Crippen LogP contribution >= 0.6 is 0 Å². The van der Waals surface area contributed by atoms with Crippen molar-refractivity contribution in [2.75, 3.05) is 50.2 Å². The summed E-state index contributed by atoms with van der Waals surface area (Å²) in [6, 6.07) is 4.96. The number of nitro groups is 1. The van der Waals surface area contributed by atoms with E-state index >= 15 is 0 Å². The van der Waals surface area contributed by atoms with E-state index in [9.17, 15) is 10.1 Å². The lowest BCUT2D eigenvalue weighted by atomic mass is 10.2. The third kappa shape index (κ3) is 3.46. The molecule has 0 radical (unpaired) electrons. The molecule has 0 bridgehead atoms. The average molecular weight is 359 g/mol. The van der Waals surface area contributed by atoms with Crippen LogP contribution in [0.2, 0.25) is 0 Å². The van der Waals surface area contributed by atoms with Crippen LogP contribution in [0.25, 0.3) is 0 Å². The number of hydrogen-bond acceptors (Lipinski definition) is 8. The summed E-state index contributed by atoms with van der Waals surface area (Å²) in [5.41, 5.74) is 0.542. The summed E-state index contributed by atoms with van der Waals surface area (Å²) in [7, 11) is 2.98. The molecule has 138 valence electrons. The molecule has 9 nitrogen and oxygen atoms in total. The molecule has 0 unspecified atom stereocenters. The molecule has 3 rings (SSSR count). The second-order valence-electron chi connectivity index (χ2n) is 5.89. The monoisotopic (exact) mass is 359 g/mol. The molecular formula is C17H21N5O4. The lowest BCUT2D eigenvalue weighted by molar-refractivity contribution is -0.384. The van der Waals surface area contributed by atoms with Crippen LogP contribution in [0.5, 0.6) is 11.5 Å². The van der Waals surface area contributed by atoms with Crippen molar-refractivity contribution in [1.82, 2.24) is 9.97 Å². The van der Waals surface area contributed by atoms with Gasteiger partial charge in [0.2, 0.25) is 0 Å². The van der Waals surface area contributed by atoms with Crippen LogP contribution in [-0.2, 0) is 0 Å². The van der Waals surface area contributed by atoms with Crippen molar-refractivity contribution in [3.8, 4) is 11.5 Å². The second-order valence-corrected chi connectivity index (χ2v) is 5.89. The van der Waals surface area contributed by atoms with Gasteiger partial charge < -0.3 is 19.3 Å². The normalized spacial score (nSPS) is 14.3. The van der Waals surface area contributed by atoms with Gasteiger partial charge in [-0.15, -0.1) is 0 Å². The van der Waals surface area contributed by atoms with Crippen molar-refractivity contribution in [2.24, 2.45) is 0 Å². The highest BCUT2D eigenvalue weighted by Crippen LogP contribution is 2.39. The first kappa shape index (κ1) is 17.7. The highest BCUT2D eigenvalue weighted by atomic mass is 16.6. The highest BCUT2D eigenvalue weighted by molar-refractivity contribution is 5.70. The van der Waals surface area contributed by atoms with Gasteiger partial charge in [0.1, 0.15) is 17.3 Å². The van der Waals surface area contributed by atoms with Crippen molar-refractivity contribution >= 4 is 17.2 Å². The number of hydrogen-bond donors (Lipinski definition) is 0. The van der Waals surface area contributed by atoms with Crippen molar-refractivity contribution in [3.63, 3.8) is 0 Å². The van der Waals surface area contributed by atoms with Crippen molar-refractivity contribution in [3.05, 3.63) is 40.3 Å². The quantitative estimate of drug-likeness (QED) is 0.591. The molecule has 9 heteroatoms. The zero-order chi connectivity index (χ0) is 18.7. The van der Waals surface area contributed by atoms with Gasteiger partial charge in [0.25, 0.3) is 5.69 Å². The summed E-state index contributed by atoms with van der Waals surface area (Å²) >= 11 is 0. The maximum absolute atomic E-state index is 11.5. The Balaban J connectivity index is 1.83. The maximum Gasteiger partial charge on any atom is 0.296 e. The van der Waals surface area contributed by atoms with Gasteiger partial charge in [-0.25, -0.2) is 9.97 Å². The Labute approximate surface area is 151 Å². The van der Waals surface area contributed by atoms with E-state index in [1.165, 1.54) is 20.3 Å². The van der Waals surface area contributed by atoms with Crippen LogP contribution in [-0.4, -0.2) is 55.3 Å². The van der Waals surface area contributed by atoms with Gasteiger partial charge in [0, 0.05) is 38.4 Å². The standard InChI is InChI=1S/C17H21N5O4/c1-12-18-5-4-17(19-12)21-8-6-20(7-9-21)13-10-15(25-2)16(26-3)11-14(13)22(23)24/h4-5,10-11H,6-9H2,1-3H3. The van der Waals surface area contributed by atoms with E-state index in [1.807, 2.05) is 17.9 Å². The Morgan fingerprint density at radius 1 is 1.08 bits per heavy atom. The van der Waals surface area contributed by atoms with Gasteiger partial charge in [-0.3, -0.25) is 10.1 Å². The highest BCUT2D eigenvalue weighted by Gasteiger charge is 2.27. The number of aryl methyl sites for hydroxylation is 1. The van der Waals surface area contributed by atoms with E-state index in [0.29, 0.717) is 43.4 Å². The number of methoxy groups -OCH3 is 2. The number of aromatic nitrogens is 2.